The Morgan fingerprint density at radius 1 is 1.17 bits per heavy atom. The van der Waals surface area contributed by atoms with Crippen LogP contribution in [0.3, 0.4) is 0 Å². The predicted molar refractivity (Wildman–Crippen MR) is 95.9 cm³/mol. The van der Waals surface area contributed by atoms with Gasteiger partial charge in [-0.2, -0.15) is 0 Å². The number of amides is 1. The van der Waals surface area contributed by atoms with E-state index in [2.05, 4.69) is 26.5 Å². The van der Waals surface area contributed by atoms with Crippen LogP contribution in [0.4, 0.5) is 0 Å². The zero-order chi connectivity index (χ0) is 16.7. The monoisotopic (exact) mass is 345 g/mol. The van der Waals surface area contributed by atoms with Gasteiger partial charge in [0, 0.05) is 38.4 Å². The van der Waals surface area contributed by atoms with Gasteiger partial charge in [0.2, 0.25) is 0 Å². The molecule has 0 atom stereocenters. The van der Waals surface area contributed by atoms with E-state index < -0.39 is 0 Å². The van der Waals surface area contributed by atoms with Gasteiger partial charge in [-0.05, 0) is 26.3 Å². The van der Waals surface area contributed by atoms with Gasteiger partial charge in [-0.1, -0.05) is 18.6 Å². The third-order valence-corrected chi connectivity index (χ3v) is 5.56. The minimum atomic E-state index is 0.139. The number of hydrogen-bond donors (Lipinski definition) is 1. The van der Waals surface area contributed by atoms with Crippen LogP contribution in [0.25, 0.3) is 11.0 Å². The highest BCUT2D eigenvalue weighted by Crippen LogP contribution is 2.30. The summed E-state index contributed by atoms with van der Waals surface area (Å²) in [7, 11) is 2.10. The van der Waals surface area contributed by atoms with Crippen molar-refractivity contribution in [3.8, 4) is 0 Å². The number of nitrogens with one attached hydrogen (secondary N) is 1. The summed E-state index contributed by atoms with van der Waals surface area (Å²) >= 11 is 5.47. The molecule has 0 unspecified atom stereocenters. The van der Waals surface area contributed by atoms with Crippen LogP contribution in [0.1, 0.15) is 35.3 Å². The van der Waals surface area contributed by atoms with Crippen molar-refractivity contribution in [3.05, 3.63) is 22.2 Å². The zero-order valence-electron chi connectivity index (χ0n) is 14.0. The highest BCUT2D eigenvalue weighted by molar-refractivity contribution is 7.71. The summed E-state index contributed by atoms with van der Waals surface area (Å²) in [5, 5.41) is 0. The number of nitrogens with zero attached hydrogens (tertiary/aromatic N) is 4. The van der Waals surface area contributed by atoms with Crippen LogP contribution in [-0.4, -0.2) is 63.5 Å². The molecular weight excluding hydrogens is 322 g/mol. The maximum absolute atomic E-state index is 13.3. The number of carbonyl (C=O) groups excluding carboxylic acids is 1. The number of aromatic nitrogens is 3. The first-order valence-corrected chi connectivity index (χ1v) is 9.14. The fourth-order valence-electron chi connectivity index (χ4n) is 3.89. The summed E-state index contributed by atoms with van der Waals surface area (Å²) in [5.74, 6) is 0.139. The van der Waals surface area contributed by atoms with E-state index in [1.807, 2.05) is 4.90 Å². The van der Waals surface area contributed by atoms with Crippen molar-refractivity contribution in [1.29, 1.82) is 0 Å². The molecular formula is C17H23N5OS. The summed E-state index contributed by atoms with van der Waals surface area (Å²) in [5.41, 5.74) is 3.77. The molecule has 0 spiro atoms. The van der Waals surface area contributed by atoms with Gasteiger partial charge in [-0.15, -0.1) is 0 Å². The second-order valence-corrected chi connectivity index (χ2v) is 7.20. The first kappa shape index (κ1) is 15.8. The van der Waals surface area contributed by atoms with Crippen LogP contribution in [0, 0.1) is 4.64 Å². The average molecular weight is 345 g/mol. The second kappa shape index (κ2) is 6.29. The van der Waals surface area contributed by atoms with E-state index in [9.17, 15) is 4.79 Å². The molecule has 1 N–H and O–H groups in total. The Labute approximate surface area is 146 Å². The molecule has 0 saturated carbocycles. The number of H-pyrrole nitrogens is 1. The summed E-state index contributed by atoms with van der Waals surface area (Å²) in [4.78, 5) is 25.0. The minimum Gasteiger partial charge on any atom is -0.344 e. The molecule has 7 heteroatoms. The van der Waals surface area contributed by atoms with Crippen LogP contribution in [0.15, 0.2) is 6.33 Å². The Kier molecular flexibility index (Phi) is 4.14. The Bertz CT molecular complexity index is 831. The smallest absolute Gasteiger partial charge is 0.257 e. The van der Waals surface area contributed by atoms with Crippen molar-refractivity contribution in [1.82, 2.24) is 24.3 Å². The lowest BCUT2D eigenvalue weighted by Crippen LogP contribution is -2.47. The number of fused-ring (bicyclic) bond motifs is 3. The molecule has 1 amide bonds. The molecule has 0 aliphatic carbocycles. The normalized spacial score (nSPS) is 19.3. The van der Waals surface area contributed by atoms with E-state index in [0.29, 0.717) is 4.64 Å². The summed E-state index contributed by atoms with van der Waals surface area (Å²) in [6.45, 7) is 4.35. The average Bonchev–Trinajstić information content (AvgIpc) is 2.73. The number of rotatable bonds is 1. The number of aromatic amines is 1. The molecule has 2 aromatic heterocycles. The van der Waals surface area contributed by atoms with Gasteiger partial charge >= 0.3 is 0 Å². The van der Waals surface area contributed by atoms with Gasteiger partial charge in [-0.3, -0.25) is 4.79 Å². The van der Waals surface area contributed by atoms with Gasteiger partial charge in [-0.25, -0.2) is 4.98 Å². The molecule has 4 heterocycles. The Balaban J connectivity index is 1.85. The fraction of sp³-hybridized carbons (Fsp3) is 0.588. The van der Waals surface area contributed by atoms with Crippen molar-refractivity contribution in [3.63, 3.8) is 0 Å². The quantitative estimate of drug-likeness (QED) is 0.805. The Morgan fingerprint density at radius 3 is 2.75 bits per heavy atom. The molecule has 128 valence electrons. The van der Waals surface area contributed by atoms with Crippen LogP contribution in [0.5, 0.6) is 0 Å². The van der Waals surface area contributed by atoms with Crippen molar-refractivity contribution in [2.24, 2.45) is 0 Å². The molecule has 1 fully saturated rings. The first-order valence-electron chi connectivity index (χ1n) is 8.73. The largest absolute Gasteiger partial charge is 0.344 e. The summed E-state index contributed by atoms with van der Waals surface area (Å²) in [6.07, 6.45) is 6.00. The van der Waals surface area contributed by atoms with Crippen molar-refractivity contribution in [2.75, 3.05) is 33.2 Å². The molecule has 1 saturated heterocycles. The minimum absolute atomic E-state index is 0.139. The molecule has 2 aliphatic rings. The van der Waals surface area contributed by atoms with E-state index in [1.54, 1.807) is 6.33 Å². The standard InChI is InChI=1S/C17H23N5OS/c1-20-7-9-21(10-8-20)17(23)13-12-5-3-2-4-6-22(12)15-14(13)18-11-19-16(15)24/h11H,2-10H2,1H3,(H,18,19,24). The zero-order valence-corrected chi connectivity index (χ0v) is 14.9. The first-order chi connectivity index (χ1) is 11.7. The SMILES string of the molecule is CN1CCN(C(=O)c2c3n(c4c(=S)nc[nH]c24)CCCCC3)CC1. The van der Waals surface area contributed by atoms with Crippen molar-refractivity contribution >= 4 is 29.2 Å². The molecule has 0 radical (unpaired) electrons. The lowest BCUT2D eigenvalue weighted by atomic mass is 10.1. The lowest BCUT2D eigenvalue weighted by molar-refractivity contribution is 0.0664. The van der Waals surface area contributed by atoms with E-state index >= 15 is 0 Å². The Morgan fingerprint density at radius 2 is 1.96 bits per heavy atom. The van der Waals surface area contributed by atoms with E-state index in [0.717, 1.165) is 74.3 Å². The van der Waals surface area contributed by atoms with Crippen LogP contribution in [-0.2, 0) is 13.0 Å². The molecule has 4 rings (SSSR count). The summed E-state index contributed by atoms with van der Waals surface area (Å²) < 4.78 is 2.83. The maximum Gasteiger partial charge on any atom is 0.257 e. The van der Waals surface area contributed by atoms with E-state index in [4.69, 9.17) is 12.2 Å². The number of piperazine rings is 1. The van der Waals surface area contributed by atoms with Gasteiger partial charge in [0.05, 0.1) is 17.4 Å². The summed E-state index contributed by atoms with van der Waals surface area (Å²) in [6, 6.07) is 0. The molecule has 0 aromatic carbocycles. The lowest BCUT2D eigenvalue weighted by Gasteiger charge is -2.32. The second-order valence-electron chi connectivity index (χ2n) is 6.81. The van der Waals surface area contributed by atoms with Crippen LogP contribution >= 0.6 is 12.2 Å². The highest BCUT2D eigenvalue weighted by atomic mass is 32.1. The third-order valence-electron chi connectivity index (χ3n) is 5.26. The fourth-order valence-corrected chi connectivity index (χ4v) is 4.16. The van der Waals surface area contributed by atoms with Crippen LogP contribution in [0.2, 0.25) is 0 Å². The third kappa shape index (κ3) is 2.56. The van der Waals surface area contributed by atoms with Gasteiger partial charge in [0.25, 0.3) is 5.91 Å². The molecule has 6 nitrogen and oxygen atoms in total. The number of likely N-dealkylation sites (N-methyl/N-ethyl adjacent to an activating group) is 1. The molecule has 0 bridgehead atoms. The van der Waals surface area contributed by atoms with Gasteiger partial charge < -0.3 is 19.4 Å². The van der Waals surface area contributed by atoms with Crippen molar-refractivity contribution in [2.45, 2.75) is 32.2 Å². The molecule has 24 heavy (non-hydrogen) atoms. The van der Waals surface area contributed by atoms with E-state index in [1.165, 1.54) is 6.42 Å². The van der Waals surface area contributed by atoms with E-state index in [-0.39, 0.29) is 5.91 Å². The predicted octanol–water partition coefficient (Wildman–Crippen LogP) is 2.21. The highest BCUT2D eigenvalue weighted by Gasteiger charge is 2.29. The van der Waals surface area contributed by atoms with Gasteiger partial charge in [0.1, 0.15) is 5.52 Å². The maximum atomic E-state index is 13.3. The van der Waals surface area contributed by atoms with Crippen LogP contribution < -0.4 is 0 Å². The Hall–Kier alpha value is -1.73. The number of carbonyl (C=O) groups is 1. The van der Waals surface area contributed by atoms with Gasteiger partial charge in [0.15, 0.2) is 4.64 Å². The van der Waals surface area contributed by atoms with Crippen molar-refractivity contribution < 1.29 is 4.79 Å². The molecule has 2 aromatic rings. The number of hydrogen-bond acceptors (Lipinski definition) is 4. The number of aryl methyl sites for hydroxylation is 1. The topological polar surface area (TPSA) is 57.2 Å². The molecule has 2 aliphatic heterocycles.